The van der Waals surface area contributed by atoms with E-state index in [1.807, 2.05) is 50.2 Å². The normalized spacial score (nSPS) is 17.1. The van der Waals surface area contributed by atoms with Crippen molar-refractivity contribution in [1.29, 1.82) is 0 Å². The van der Waals surface area contributed by atoms with E-state index in [4.69, 9.17) is 23.8 Å². The van der Waals surface area contributed by atoms with Gasteiger partial charge in [0.15, 0.2) is 5.11 Å². The molecule has 0 unspecified atom stereocenters. The van der Waals surface area contributed by atoms with Crippen LogP contribution in [0.1, 0.15) is 48.4 Å². The highest BCUT2D eigenvalue weighted by atomic mass is 35.5. The van der Waals surface area contributed by atoms with E-state index in [1.165, 1.54) is 11.1 Å². The van der Waals surface area contributed by atoms with Crippen molar-refractivity contribution in [2.75, 3.05) is 10.2 Å². The molecule has 4 aromatic rings. The van der Waals surface area contributed by atoms with Gasteiger partial charge < -0.3 is 20.1 Å². The molecule has 0 aliphatic carbocycles. The van der Waals surface area contributed by atoms with Crippen molar-refractivity contribution in [2.45, 2.75) is 39.8 Å². The molecule has 3 heterocycles. The highest BCUT2D eigenvalue weighted by molar-refractivity contribution is 7.80. The lowest BCUT2D eigenvalue weighted by atomic mass is 10.0. The second kappa shape index (κ2) is 10.6. The Labute approximate surface area is 233 Å². The fourth-order valence-corrected chi connectivity index (χ4v) is 5.28. The molecule has 194 valence electrons. The number of carbonyl (C=O) groups is 1. The Kier molecular flexibility index (Phi) is 7.23. The molecule has 1 saturated heterocycles. The first-order valence-electron chi connectivity index (χ1n) is 12.6. The standard InChI is InChI=1S/C30H30ClN5OS/c1-18(2)29(37)33-24-13-12-22(17-23(24)31)36-28(27(34-30(36)38)25-8-5-6-14-32-25)26-9-7-15-35(26)21-11-10-19(3)20(4)16-21/h5-18,27-28H,1-4H3,(H,33,37)(H,34,38)/t27-,28+/m0/s1. The van der Waals surface area contributed by atoms with Crippen LogP contribution >= 0.6 is 23.8 Å². The first-order chi connectivity index (χ1) is 18.2. The number of rotatable bonds is 6. The van der Waals surface area contributed by atoms with Crippen LogP contribution < -0.4 is 15.5 Å². The van der Waals surface area contributed by atoms with E-state index in [2.05, 4.69) is 75.5 Å². The Bertz CT molecular complexity index is 1500. The van der Waals surface area contributed by atoms with Crippen LogP contribution in [0.3, 0.4) is 0 Å². The van der Waals surface area contributed by atoms with Gasteiger partial charge in [0.05, 0.1) is 22.4 Å². The fourth-order valence-electron chi connectivity index (χ4n) is 4.71. The SMILES string of the molecule is Cc1ccc(-n2cccc2[C@@H]2[C@H](c3ccccn3)NC(=S)N2c2ccc(NC(=O)C(C)C)c(Cl)c2)cc1C. The number of anilines is 2. The molecule has 2 atom stereocenters. The summed E-state index contributed by atoms with van der Waals surface area (Å²) in [5.41, 5.74) is 6.90. The number of carbonyl (C=O) groups excluding carboxylic acids is 1. The van der Waals surface area contributed by atoms with Crippen LogP contribution in [0, 0.1) is 19.8 Å². The molecule has 1 fully saturated rings. The number of nitrogens with zero attached hydrogens (tertiary/aromatic N) is 3. The summed E-state index contributed by atoms with van der Waals surface area (Å²) in [6, 6.07) is 21.8. The molecule has 1 amide bonds. The lowest BCUT2D eigenvalue weighted by Gasteiger charge is -2.29. The van der Waals surface area contributed by atoms with E-state index in [0.29, 0.717) is 15.8 Å². The van der Waals surface area contributed by atoms with Crippen molar-refractivity contribution in [3.63, 3.8) is 0 Å². The summed E-state index contributed by atoms with van der Waals surface area (Å²) in [4.78, 5) is 19.0. The van der Waals surface area contributed by atoms with Crippen LogP contribution in [0.4, 0.5) is 11.4 Å². The number of amides is 1. The number of aromatic nitrogens is 2. The van der Waals surface area contributed by atoms with E-state index in [0.717, 1.165) is 22.8 Å². The monoisotopic (exact) mass is 543 g/mol. The predicted octanol–water partition coefficient (Wildman–Crippen LogP) is 6.91. The van der Waals surface area contributed by atoms with Crippen molar-refractivity contribution >= 4 is 46.2 Å². The molecular formula is C30H30ClN5OS. The molecule has 38 heavy (non-hydrogen) atoms. The Morgan fingerprint density at radius 2 is 1.82 bits per heavy atom. The Balaban J connectivity index is 1.61. The van der Waals surface area contributed by atoms with E-state index in [-0.39, 0.29) is 23.9 Å². The molecule has 1 aliphatic heterocycles. The minimum atomic E-state index is -0.207. The van der Waals surface area contributed by atoms with Gasteiger partial charge in [0, 0.05) is 35.4 Å². The van der Waals surface area contributed by atoms with E-state index >= 15 is 0 Å². The van der Waals surface area contributed by atoms with Gasteiger partial charge in [-0.1, -0.05) is 37.6 Å². The highest BCUT2D eigenvalue weighted by Crippen LogP contribution is 2.43. The third-order valence-electron chi connectivity index (χ3n) is 6.96. The zero-order valence-corrected chi connectivity index (χ0v) is 23.3. The van der Waals surface area contributed by atoms with Gasteiger partial charge in [0.2, 0.25) is 5.91 Å². The second-order valence-corrected chi connectivity index (χ2v) is 10.7. The Morgan fingerprint density at radius 3 is 2.50 bits per heavy atom. The van der Waals surface area contributed by atoms with Gasteiger partial charge in [-0.15, -0.1) is 0 Å². The smallest absolute Gasteiger partial charge is 0.226 e. The quantitative estimate of drug-likeness (QED) is 0.259. The largest absolute Gasteiger partial charge is 0.351 e. The lowest BCUT2D eigenvalue weighted by molar-refractivity contribution is -0.118. The molecule has 2 aromatic heterocycles. The predicted molar refractivity (Wildman–Crippen MR) is 158 cm³/mol. The molecule has 0 radical (unpaired) electrons. The van der Waals surface area contributed by atoms with Crippen molar-refractivity contribution in [1.82, 2.24) is 14.9 Å². The first kappa shape index (κ1) is 25.9. The minimum absolute atomic E-state index is 0.0858. The van der Waals surface area contributed by atoms with Crippen LogP contribution in [0.15, 0.2) is 79.1 Å². The van der Waals surface area contributed by atoms with Crippen LogP contribution in [0.5, 0.6) is 0 Å². The second-order valence-electron chi connectivity index (χ2n) is 9.88. The van der Waals surface area contributed by atoms with Gasteiger partial charge in [-0.25, -0.2) is 0 Å². The zero-order chi connectivity index (χ0) is 27.0. The van der Waals surface area contributed by atoms with Gasteiger partial charge in [0.1, 0.15) is 6.04 Å². The number of hydrogen-bond acceptors (Lipinski definition) is 3. The molecule has 1 aliphatic rings. The topological polar surface area (TPSA) is 62.2 Å². The molecule has 8 heteroatoms. The number of benzene rings is 2. The maximum absolute atomic E-state index is 12.3. The molecule has 2 N–H and O–H groups in total. The number of halogens is 1. The maximum Gasteiger partial charge on any atom is 0.226 e. The van der Waals surface area contributed by atoms with Crippen molar-refractivity contribution in [3.05, 3.63) is 107 Å². The highest BCUT2D eigenvalue weighted by Gasteiger charge is 2.42. The van der Waals surface area contributed by atoms with Crippen molar-refractivity contribution < 1.29 is 4.79 Å². The van der Waals surface area contributed by atoms with Gasteiger partial charge in [0.25, 0.3) is 0 Å². The summed E-state index contributed by atoms with van der Waals surface area (Å²) in [7, 11) is 0. The lowest BCUT2D eigenvalue weighted by Crippen LogP contribution is -2.30. The van der Waals surface area contributed by atoms with E-state index < -0.39 is 0 Å². The van der Waals surface area contributed by atoms with E-state index in [9.17, 15) is 4.79 Å². The van der Waals surface area contributed by atoms with Crippen LogP contribution in [-0.4, -0.2) is 20.6 Å². The summed E-state index contributed by atoms with van der Waals surface area (Å²) in [5.74, 6) is -0.236. The van der Waals surface area contributed by atoms with Crippen LogP contribution in [-0.2, 0) is 4.79 Å². The molecule has 6 nitrogen and oxygen atoms in total. The summed E-state index contributed by atoms with van der Waals surface area (Å²) < 4.78 is 2.20. The number of aryl methyl sites for hydroxylation is 2. The zero-order valence-electron chi connectivity index (χ0n) is 21.8. The number of pyridine rings is 1. The number of nitrogens with one attached hydrogen (secondary N) is 2. The van der Waals surface area contributed by atoms with Gasteiger partial charge in [-0.05, 0) is 91.8 Å². The average Bonchev–Trinajstić information content (AvgIpc) is 3.51. The van der Waals surface area contributed by atoms with Crippen LogP contribution in [0.25, 0.3) is 5.69 Å². The number of thiocarbonyl (C=S) groups is 1. The molecule has 2 aromatic carbocycles. The Hall–Kier alpha value is -3.68. The summed E-state index contributed by atoms with van der Waals surface area (Å²) >= 11 is 12.6. The molecule has 5 rings (SSSR count). The molecule has 0 saturated carbocycles. The minimum Gasteiger partial charge on any atom is -0.351 e. The third kappa shape index (κ3) is 4.91. The van der Waals surface area contributed by atoms with Crippen molar-refractivity contribution in [3.8, 4) is 5.69 Å². The number of hydrogen-bond donors (Lipinski definition) is 2. The summed E-state index contributed by atoms with van der Waals surface area (Å²) in [6.45, 7) is 7.93. The van der Waals surface area contributed by atoms with Crippen molar-refractivity contribution in [2.24, 2.45) is 5.92 Å². The third-order valence-corrected chi connectivity index (χ3v) is 7.59. The fraction of sp³-hybridized carbons (Fsp3) is 0.233. The molecular weight excluding hydrogens is 514 g/mol. The summed E-state index contributed by atoms with van der Waals surface area (Å²) in [5, 5.41) is 7.43. The maximum atomic E-state index is 12.3. The molecule has 0 bridgehead atoms. The van der Waals surface area contributed by atoms with Gasteiger partial charge >= 0.3 is 0 Å². The first-order valence-corrected chi connectivity index (χ1v) is 13.4. The average molecular weight is 544 g/mol. The Morgan fingerprint density at radius 1 is 1.03 bits per heavy atom. The van der Waals surface area contributed by atoms with E-state index in [1.54, 1.807) is 6.20 Å². The summed E-state index contributed by atoms with van der Waals surface area (Å²) in [6.07, 6.45) is 3.87. The van der Waals surface area contributed by atoms with Gasteiger partial charge in [-0.2, -0.15) is 0 Å². The molecule has 0 spiro atoms. The van der Waals surface area contributed by atoms with Gasteiger partial charge in [-0.3, -0.25) is 9.78 Å². The van der Waals surface area contributed by atoms with Crippen LogP contribution in [0.2, 0.25) is 5.02 Å².